The maximum atomic E-state index is 12.7. The molecule has 2 aromatic rings. The molecule has 5 nitrogen and oxygen atoms in total. The number of amides is 1. The molecular weight excluding hydrogens is 372 g/mol. The summed E-state index contributed by atoms with van der Waals surface area (Å²) < 4.78 is 22.7. The van der Waals surface area contributed by atoms with Crippen molar-refractivity contribution in [3.63, 3.8) is 0 Å². The lowest BCUT2D eigenvalue weighted by Gasteiger charge is -2.11. The zero-order chi connectivity index (χ0) is 18.4. The van der Waals surface area contributed by atoms with Gasteiger partial charge in [0.1, 0.15) is 11.6 Å². The second kappa shape index (κ2) is 8.69. The standard InChI is InChI=1S/C17H14Cl2FNO4/c1-10-2-7-13(18)17(16(10)19)21-14(22)8-25-15(23)9-24-12-5-3-11(20)4-6-12/h2-7H,8-9H2,1H3,(H,21,22). The Bertz CT molecular complexity index is 781. The molecule has 0 aliphatic carbocycles. The highest BCUT2D eigenvalue weighted by molar-refractivity contribution is 6.40. The predicted octanol–water partition coefficient (Wildman–Crippen LogP) is 4.00. The smallest absolute Gasteiger partial charge is 0.344 e. The number of hydrogen-bond acceptors (Lipinski definition) is 4. The number of aryl methyl sites for hydroxylation is 1. The molecule has 0 aromatic heterocycles. The number of esters is 1. The van der Waals surface area contributed by atoms with Crippen LogP contribution in [0.2, 0.25) is 10.0 Å². The number of carbonyl (C=O) groups is 2. The van der Waals surface area contributed by atoms with Crippen molar-refractivity contribution in [3.8, 4) is 5.75 Å². The van der Waals surface area contributed by atoms with Crippen molar-refractivity contribution in [2.45, 2.75) is 6.92 Å². The Morgan fingerprint density at radius 3 is 2.44 bits per heavy atom. The quantitative estimate of drug-likeness (QED) is 0.763. The van der Waals surface area contributed by atoms with Crippen LogP contribution in [0.5, 0.6) is 5.75 Å². The molecule has 0 bridgehead atoms. The summed E-state index contributed by atoms with van der Waals surface area (Å²) in [6.07, 6.45) is 0. The second-order valence-electron chi connectivity index (χ2n) is 5.00. The Balaban J connectivity index is 1.81. The summed E-state index contributed by atoms with van der Waals surface area (Å²) in [5.41, 5.74) is 0.998. The van der Waals surface area contributed by atoms with Crippen molar-refractivity contribution >= 4 is 40.8 Å². The largest absolute Gasteiger partial charge is 0.482 e. The normalized spacial score (nSPS) is 10.2. The summed E-state index contributed by atoms with van der Waals surface area (Å²) in [7, 11) is 0. The molecule has 132 valence electrons. The molecular formula is C17H14Cl2FNO4. The first-order chi connectivity index (χ1) is 11.9. The van der Waals surface area contributed by atoms with Crippen LogP contribution in [-0.4, -0.2) is 25.1 Å². The predicted molar refractivity (Wildman–Crippen MR) is 92.7 cm³/mol. The van der Waals surface area contributed by atoms with Gasteiger partial charge >= 0.3 is 5.97 Å². The van der Waals surface area contributed by atoms with Gasteiger partial charge in [0.25, 0.3) is 5.91 Å². The van der Waals surface area contributed by atoms with E-state index < -0.39 is 30.9 Å². The van der Waals surface area contributed by atoms with Gasteiger partial charge in [0.2, 0.25) is 0 Å². The van der Waals surface area contributed by atoms with Crippen molar-refractivity contribution in [1.29, 1.82) is 0 Å². The number of benzene rings is 2. The van der Waals surface area contributed by atoms with Crippen molar-refractivity contribution in [2.24, 2.45) is 0 Å². The highest BCUT2D eigenvalue weighted by atomic mass is 35.5. The van der Waals surface area contributed by atoms with Gasteiger partial charge in [-0.25, -0.2) is 9.18 Å². The first-order valence-electron chi connectivity index (χ1n) is 7.15. The second-order valence-corrected chi connectivity index (χ2v) is 5.79. The van der Waals surface area contributed by atoms with Gasteiger partial charge in [0.15, 0.2) is 13.2 Å². The molecule has 0 heterocycles. The van der Waals surface area contributed by atoms with E-state index in [0.717, 1.165) is 5.56 Å². The first-order valence-corrected chi connectivity index (χ1v) is 7.91. The Kier molecular flexibility index (Phi) is 6.61. The number of anilines is 1. The molecule has 0 saturated carbocycles. The molecule has 0 atom stereocenters. The first kappa shape index (κ1) is 19.0. The molecule has 0 aliphatic heterocycles. The van der Waals surface area contributed by atoms with Gasteiger partial charge in [-0.2, -0.15) is 0 Å². The lowest BCUT2D eigenvalue weighted by Crippen LogP contribution is -2.24. The SMILES string of the molecule is Cc1ccc(Cl)c(NC(=O)COC(=O)COc2ccc(F)cc2)c1Cl. The van der Waals surface area contributed by atoms with Crippen LogP contribution >= 0.6 is 23.2 Å². The molecule has 0 fully saturated rings. The maximum Gasteiger partial charge on any atom is 0.344 e. The van der Waals surface area contributed by atoms with Crippen molar-refractivity contribution < 1.29 is 23.5 Å². The monoisotopic (exact) mass is 385 g/mol. The fourth-order valence-corrected chi connectivity index (χ4v) is 2.27. The van der Waals surface area contributed by atoms with Crippen LogP contribution in [0.1, 0.15) is 5.56 Å². The number of halogens is 3. The minimum Gasteiger partial charge on any atom is -0.482 e. The van der Waals surface area contributed by atoms with Gasteiger partial charge in [-0.3, -0.25) is 4.79 Å². The van der Waals surface area contributed by atoms with Crippen LogP contribution < -0.4 is 10.1 Å². The fraction of sp³-hybridized carbons (Fsp3) is 0.176. The minimum atomic E-state index is -0.749. The van der Waals surface area contributed by atoms with E-state index in [0.29, 0.717) is 10.8 Å². The van der Waals surface area contributed by atoms with Crippen LogP contribution in [0.25, 0.3) is 0 Å². The molecule has 0 unspecified atom stereocenters. The van der Waals surface area contributed by atoms with E-state index in [-0.39, 0.29) is 10.7 Å². The third-order valence-electron chi connectivity index (χ3n) is 3.08. The van der Waals surface area contributed by atoms with Gasteiger partial charge in [-0.1, -0.05) is 29.3 Å². The van der Waals surface area contributed by atoms with Crippen LogP contribution in [0.15, 0.2) is 36.4 Å². The summed E-state index contributed by atoms with van der Waals surface area (Å²) in [5.74, 6) is -1.45. The van der Waals surface area contributed by atoms with E-state index in [1.165, 1.54) is 24.3 Å². The summed E-state index contributed by atoms with van der Waals surface area (Å²) in [6, 6.07) is 8.45. The van der Waals surface area contributed by atoms with Gasteiger partial charge in [-0.15, -0.1) is 0 Å². The van der Waals surface area contributed by atoms with Crippen LogP contribution in [0.3, 0.4) is 0 Å². The third kappa shape index (κ3) is 5.62. The molecule has 2 rings (SSSR count). The molecule has 0 radical (unpaired) electrons. The van der Waals surface area contributed by atoms with E-state index in [2.05, 4.69) is 5.32 Å². The molecule has 0 aliphatic rings. The number of hydrogen-bond donors (Lipinski definition) is 1. The number of carbonyl (C=O) groups excluding carboxylic acids is 2. The highest BCUT2D eigenvalue weighted by Gasteiger charge is 2.14. The van der Waals surface area contributed by atoms with Crippen molar-refractivity contribution in [1.82, 2.24) is 0 Å². The molecule has 8 heteroatoms. The third-order valence-corrected chi connectivity index (χ3v) is 3.89. The van der Waals surface area contributed by atoms with E-state index in [4.69, 9.17) is 32.7 Å². The number of ether oxygens (including phenoxy) is 2. The zero-order valence-corrected chi connectivity index (χ0v) is 14.7. The molecule has 0 spiro atoms. The lowest BCUT2D eigenvalue weighted by molar-refractivity contribution is -0.149. The number of rotatable bonds is 6. The zero-order valence-electron chi connectivity index (χ0n) is 13.1. The van der Waals surface area contributed by atoms with Gasteiger partial charge in [0, 0.05) is 0 Å². The molecule has 1 amide bonds. The average Bonchev–Trinajstić information content (AvgIpc) is 2.59. The summed E-state index contributed by atoms with van der Waals surface area (Å²) >= 11 is 12.1. The fourth-order valence-electron chi connectivity index (χ4n) is 1.81. The Hall–Kier alpha value is -2.31. The average molecular weight is 386 g/mol. The summed E-state index contributed by atoms with van der Waals surface area (Å²) in [6.45, 7) is 0.832. The van der Waals surface area contributed by atoms with Gasteiger partial charge < -0.3 is 14.8 Å². The van der Waals surface area contributed by atoms with Gasteiger partial charge in [-0.05, 0) is 42.8 Å². The van der Waals surface area contributed by atoms with Crippen molar-refractivity contribution in [2.75, 3.05) is 18.5 Å². The Morgan fingerprint density at radius 2 is 1.76 bits per heavy atom. The molecule has 1 N–H and O–H groups in total. The van der Waals surface area contributed by atoms with E-state index in [1.807, 2.05) is 0 Å². The summed E-state index contributed by atoms with van der Waals surface area (Å²) in [4.78, 5) is 23.4. The van der Waals surface area contributed by atoms with Gasteiger partial charge in [0.05, 0.1) is 15.7 Å². The summed E-state index contributed by atoms with van der Waals surface area (Å²) in [5, 5.41) is 3.08. The lowest BCUT2D eigenvalue weighted by atomic mass is 10.2. The van der Waals surface area contributed by atoms with Crippen LogP contribution in [0.4, 0.5) is 10.1 Å². The number of nitrogens with one attached hydrogen (secondary N) is 1. The van der Waals surface area contributed by atoms with Crippen molar-refractivity contribution in [3.05, 3.63) is 57.8 Å². The van der Waals surface area contributed by atoms with E-state index >= 15 is 0 Å². The van der Waals surface area contributed by atoms with Crippen LogP contribution in [-0.2, 0) is 14.3 Å². The van der Waals surface area contributed by atoms with E-state index in [9.17, 15) is 14.0 Å². The maximum absolute atomic E-state index is 12.7. The molecule has 0 saturated heterocycles. The van der Waals surface area contributed by atoms with E-state index in [1.54, 1.807) is 19.1 Å². The highest BCUT2D eigenvalue weighted by Crippen LogP contribution is 2.32. The Labute approximate surface area is 153 Å². The van der Waals surface area contributed by atoms with Crippen LogP contribution in [0, 0.1) is 12.7 Å². The molecule has 25 heavy (non-hydrogen) atoms. The Morgan fingerprint density at radius 1 is 1.08 bits per heavy atom. The topological polar surface area (TPSA) is 64.6 Å². The molecule has 2 aromatic carbocycles. The minimum absolute atomic E-state index is 0.256.